The molecule has 0 radical (unpaired) electrons. The molecule has 3 rings (SSSR count). The fourth-order valence-corrected chi connectivity index (χ4v) is 3.01. The van der Waals surface area contributed by atoms with Crippen LogP contribution in [0, 0.1) is 6.92 Å². The van der Waals surface area contributed by atoms with Crippen molar-refractivity contribution in [2.24, 2.45) is 5.73 Å². The first-order chi connectivity index (χ1) is 13.0. The Kier molecular flexibility index (Phi) is 6.08. The highest BCUT2D eigenvalue weighted by molar-refractivity contribution is 5.94. The van der Waals surface area contributed by atoms with Crippen LogP contribution in [0.4, 0.5) is 10.2 Å². The maximum absolute atomic E-state index is 14.0. The van der Waals surface area contributed by atoms with Crippen molar-refractivity contribution in [1.29, 1.82) is 0 Å². The molecule has 146 valence electrons. The molecule has 0 bridgehead atoms. The molecule has 3 heterocycles. The lowest BCUT2D eigenvalue weighted by Gasteiger charge is -2.27. The zero-order valence-electron chi connectivity index (χ0n) is 15.6. The van der Waals surface area contributed by atoms with Gasteiger partial charge in [0.05, 0.1) is 12.6 Å². The summed E-state index contributed by atoms with van der Waals surface area (Å²) in [5, 5.41) is 5.98. The molecule has 8 heteroatoms. The smallest absolute Gasteiger partial charge is 0.267 e. The number of carbonyl (C=O) groups excluding carboxylic acids is 1. The zero-order valence-corrected chi connectivity index (χ0v) is 15.6. The van der Waals surface area contributed by atoms with Gasteiger partial charge in [0, 0.05) is 37.2 Å². The number of pyridine rings is 1. The minimum absolute atomic E-state index is 0.101. The Labute approximate surface area is 157 Å². The number of nitrogens with one attached hydrogen (secondary N) is 3. The standard InChI is InChI=1S/C19H26FN5O2/c1-11-8-23-18(25-16-3-4-27-10-15(16)20)6-14(11)13-5-17(22-9-13)19(26)24-12(2)7-21/h5-6,8-9,12,15-16,22H,3-4,7,10,21H2,1-2H3,(H,23,25)(H,24,26)/t12?,15-,16-/m0/s1. The molecule has 2 aromatic rings. The maximum Gasteiger partial charge on any atom is 0.267 e. The third kappa shape index (κ3) is 4.64. The van der Waals surface area contributed by atoms with E-state index in [2.05, 4.69) is 20.6 Å². The molecule has 27 heavy (non-hydrogen) atoms. The Morgan fingerprint density at radius 1 is 1.52 bits per heavy atom. The number of hydrogen-bond donors (Lipinski definition) is 4. The van der Waals surface area contributed by atoms with Crippen LogP contribution in [0.5, 0.6) is 0 Å². The molecule has 0 spiro atoms. The summed E-state index contributed by atoms with van der Waals surface area (Å²) >= 11 is 0. The monoisotopic (exact) mass is 375 g/mol. The van der Waals surface area contributed by atoms with Gasteiger partial charge in [0.15, 0.2) is 0 Å². The number of aromatic nitrogens is 2. The van der Waals surface area contributed by atoms with Crippen LogP contribution in [0.15, 0.2) is 24.5 Å². The second-order valence-corrected chi connectivity index (χ2v) is 6.93. The largest absolute Gasteiger partial charge is 0.378 e. The third-order valence-electron chi connectivity index (χ3n) is 4.69. The molecule has 1 amide bonds. The number of aryl methyl sites for hydroxylation is 1. The van der Waals surface area contributed by atoms with E-state index >= 15 is 0 Å². The fourth-order valence-electron chi connectivity index (χ4n) is 3.01. The Morgan fingerprint density at radius 3 is 3.07 bits per heavy atom. The number of carbonyl (C=O) groups is 1. The molecule has 2 aromatic heterocycles. The van der Waals surface area contributed by atoms with E-state index in [9.17, 15) is 9.18 Å². The van der Waals surface area contributed by atoms with Gasteiger partial charge in [-0.3, -0.25) is 4.79 Å². The maximum atomic E-state index is 14.0. The van der Waals surface area contributed by atoms with Crippen molar-refractivity contribution in [1.82, 2.24) is 15.3 Å². The number of nitrogens with zero attached hydrogens (tertiary/aromatic N) is 1. The van der Waals surface area contributed by atoms with Crippen LogP contribution in [0.2, 0.25) is 0 Å². The van der Waals surface area contributed by atoms with E-state index in [0.717, 1.165) is 16.7 Å². The Balaban J connectivity index is 1.77. The molecule has 0 saturated carbocycles. The SMILES string of the molecule is Cc1cnc(N[C@H]2CCOC[C@@H]2F)cc1-c1c[nH]c(C(=O)NC(C)CN)c1. The molecule has 0 aliphatic carbocycles. The topological polar surface area (TPSA) is 105 Å². The van der Waals surface area contributed by atoms with Crippen LogP contribution in [-0.2, 0) is 4.74 Å². The average Bonchev–Trinajstić information content (AvgIpc) is 3.15. The van der Waals surface area contributed by atoms with Crippen LogP contribution in [-0.4, -0.2) is 53.9 Å². The first-order valence-electron chi connectivity index (χ1n) is 9.12. The highest BCUT2D eigenvalue weighted by atomic mass is 19.1. The number of halogens is 1. The number of rotatable bonds is 6. The van der Waals surface area contributed by atoms with E-state index in [1.165, 1.54) is 0 Å². The van der Waals surface area contributed by atoms with E-state index in [1.807, 2.05) is 19.9 Å². The highest BCUT2D eigenvalue weighted by Gasteiger charge is 2.25. The van der Waals surface area contributed by atoms with Crippen molar-refractivity contribution < 1.29 is 13.9 Å². The molecule has 3 atom stereocenters. The molecule has 1 aliphatic rings. The van der Waals surface area contributed by atoms with E-state index < -0.39 is 6.17 Å². The van der Waals surface area contributed by atoms with Crippen LogP contribution in [0.25, 0.3) is 11.1 Å². The van der Waals surface area contributed by atoms with Gasteiger partial charge in [0.1, 0.15) is 17.7 Å². The minimum Gasteiger partial charge on any atom is -0.378 e. The van der Waals surface area contributed by atoms with Gasteiger partial charge >= 0.3 is 0 Å². The molecule has 5 N–H and O–H groups in total. The molecule has 0 aromatic carbocycles. The number of ether oxygens (including phenoxy) is 1. The van der Waals surface area contributed by atoms with Gasteiger partial charge in [0.25, 0.3) is 5.91 Å². The minimum atomic E-state index is -1.06. The fraction of sp³-hybridized carbons (Fsp3) is 0.474. The Morgan fingerprint density at radius 2 is 2.33 bits per heavy atom. The summed E-state index contributed by atoms with van der Waals surface area (Å²) in [5.74, 6) is 0.404. The normalized spacial score (nSPS) is 20.9. The van der Waals surface area contributed by atoms with Crippen molar-refractivity contribution in [3.63, 3.8) is 0 Å². The van der Waals surface area contributed by atoms with Crippen molar-refractivity contribution in [3.05, 3.63) is 35.8 Å². The van der Waals surface area contributed by atoms with E-state index in [-0.39, 0.29) is 24.6 Å². The molecule has 1 saturated heterocycles. The summed E-state index contributed by atoms with van der Waals surface area (Å²) in [4.78, 5) is 19.6. The lowest BCUT2D eigenvalue weighted by molar-refractivity contribution is 0.0285. The third-order valence-corrected chi connectivity index (χ3v) is 4.69. The summed E-state index contributed by atoms with van der Waals surface area (Å²) in [7, 11) is 0. The second-order valence-electron chi connectivity index (χ2n) is 6.93. The average molecular weight is 375 g/mol. The van der Waals surface area contributed by atoms with Gasteiger partial charge in [-0.2, -0.15) is 0 Å². The van der Waals surface area contributed by atoms with Crippen LogP contribution in [0.1, 0.15) is 29.4 Å². The van der Waals surface area contributed by atoms with Crippen molar-refractivity contribution in [3.8, 4) is 11.1 Å². The highest BCUT2D eigenvalue weighted by Crippen LogP contribution is 2.27. The van der Waals surface area contributed by atoms with Gasteiger partial charge in [0.2, 0.25) is 0 Å². The second kappa shape index (κ2) is 8.49. The summed E-state index contributed by atoms with van der Waals surface area (Å²) < 4.78 is 19.1. The van der Waals surface area contributed by atoms with Gasteiger partial charge in [-0.1, -0.05) is 0 Å². The number of anilines is 1. The lowest BCUT2D eigenvalue weighted by Crippen LogP contribution is -2.39. The van der Waals surface area contributed by atoms with Crippen molar-refractivity contribution in [2.75, 3.05) is 25.1 Å². The van der Waals surface area contributed by atoms with Crippen LogP contribution < -0.4 is 16.4 Å². The number of hydrogen-bond acceptors (Lipinski definition) is 5. The Hall–Kier alpha value is -2.45. The molecule has 7 nitrogen and oxygen atoms in total. The predicted molar refractivity (Wildman–Crippen MR) is 102 cm³/mol. The predicted octanol–water partition coefficient (Wildman–Crippen LogP) is 2.00. The van der Waals surface area contributed by atoms with E-state index in [1.54, 1.807) is 18.5 Å². The first kappa shape index (κ1) is 19.3. The van der Waals surface area contributed by atoms with Gasteiger partial charge in [-0.25, -0.2) is 9.37 Å². The van der Waals surface area contributed by atoms with Crippen LogP contribution in [0.3, 0.4) is 0 Å². The number of amides is 1. The summed E-state index contributed by atoms with van der Waals surface area (Å²) in [6.07, 6.45) is 3.06. The summed E-state index contributed by atoms with van der Waals surface area (Å²) in [5.41, 5.74) is 8.77. The number of nitrogens with two attached hydrogens (primary N) is 1. The lowest BCUT2D eigenvalue weighted by atomic mass is 10.0. The number of alkyl halides is 1. The van der Waals surface area contributed by atoms with Gasteiger partial charge in [-0.15, -0.1) is 0 Å². The molecular formula is C19H26FN5O2. The van der Waals surface area contributed by atoms with Gasteiger partial charge in [-0.05, 0) is 43.5 Å². The molecule has 1 aliphatic heterocycles. The quantitative estimate of drug-likeness (QED) is 0.618. The van der Waals surface area contributed by atoms with E-state index in [0.29, 0.717) is 31.1 Å². The summed E-state index contributed by atoms with van der Waals surface area (Å²) in [6, 6.07) is 3.25. The van der Waals surface area contributed by atoms with E-state index in [4.69, 9.17) is 10.5 Å². The Bertz CT molecular complexity index is 794. The summed E-state index contributed by atoms with van der Waals surface area (Å²) in [6.45, 7) is 4.81. The number of aromatic amines is 1. The zero-order chi connectivity index (χ0) is 19.4. The van der Waals surface area contributed by atoms with Crippen molar-refractivity contribution >= 4 is 11.7 Å². The first-order valence-corrected chi connectivity index (χ1v) is 9.12. The number of H-pyrrole nitrogens is 1. The van der Waals surface area contributed by atoms with Gasteiger partial charge < -0.3 is 26.1 Å². The molecule has 1 fully saturated rings. The molecule has 1 unspecified atom stereocenters. The van der Waals surface area contributed by atoms with Crippen molar-refractivity contribution in [2.45, 2.75) is 38.5 Å². The van der Waals surface area contributed by atoms with Crippen LogP contribution >= 0.6 is 0 Å². The molecular weight excluding hydrogens is 349 g/mol.